The SMILES string of the molecule is Cc1ccc(C(C/C(=N\O)c2cc(C)cnc2F)c2ccccc2C)cc1. The lowest BCUT2D eigenvalue weighted by molar-refractivity contribution is 0.317. The number of aryl methyl sites for hydroxylation is 3. The largest absolute Gasteiger partial charge is 0.411 e. The molecule has 0 amide bonds. The van der Waals surface area contributed by atoms with Crippen molar-refractivity contribution in [1.29, 1.82) is 0 Å². The molecule has 0 radical (unpaired) electrons. The third-order valence-corrected chi connectivity index (χ3v) is 4.85. The maximum Gasteiger partial charge on any atom is 0.222 e. The molecule has 1 atom stereocenters. The molecular weight excluding hydrogens is 339 g/mol. The first-order valence-electron chi connectivity index (χ1n) is 8.95. The molecule has 0 saturated heterocycles. The van der Waals surface area contributed by atoms with Gasteiger partial charge >= 0.3 is 0 Å². The van der Waals surface area contributed by atoms with Gasteiger partial charge in [-0.15, -0.1) is 0 Å². The zero-order valence-corrected chi connectivity index (χ0v) is 15.8. The zero-order chi connectivity index (χ0) is 19.4. The molecule has 3 rings (SSSR count). The maximum absolute atomic E-state index is 14.3. The first kappa shape index (κ1) is 18.8. The smallest absolute Gasteiger partial charge is 0.222 e. The van der Waals surface area contributed by atoms with Crippen molar-refractivity contribution in [3.63, 3.8) is 0 Å². The standard InChI is InChI=1S/C23H23FN2O/c1-15-8-10-18(11-9-15)20(19-7-5-4-6-17(19)3)13-22(26-27)21-12-16(2)14-25-23(21)24/h4-12,14,20,27H,13H2,1-3H3/b26-22+. The van der Waals surface area contributed by atoms with Gasteiger partial charge in [-0.25, -0.2) is 4.98 Å². The van der Waals surface area contributed by atoms with Gasteiger partial charge in [-0.2, -0.15) is 4.39 Å². The number of hydrogen-bond acceptors (Lipinski definition) is 3. The Labute approximate surface area is 159 Å². The average Bonchev–Trinajstić information content (AvgIpc) is 2.67. The highest BCUT2D eigenvalue weighted by Crippen LogP contribution is 2.32. The number of nitrogens with zero attached hydrogens (tertiary/aromatic N) is 2. The summed E-state index contributed by atoms with van der Waals surface area (Å²) in [6.07, 6.45) is 1.83. The Kier molecular flexibility index (Phi) is 5.65. The van der Waals surface area contributed by atoms with Gasteiger partial charge in [0, 0.05) is 18.5 Å². The highest BCUT2D eigenvalue weighted by molar-refractivity contribution is 6.01. The van der Waals surface area contributed by atoms with Crippen LogP contribution in [-0.2, 0) is 0 Å². The molecule has 2 aromatic carbocycles. The van der Waals surface area contributed by atoms with Crippen LogP contribution < -0.4 is 0 Å². The molecular formula is C23H23FN2O. The normalized spacial score (nSPS) is 12.8. The van der Waals surface area contributed by atoms with E-state index in [0.29, 0.717) is 6.42 Å². The number of pyridine rings is 1. The van der Waals surface area contributed by atoms with Gasteiger partial charge in [-0.05, 0) is 49.1 Å². The van der Waals surface area contributed by atoms with Crippen molar-refractivity contribution in [2.45, 2.75) is 33.1 Å². The van der Waals surface area contributed by atoms with Crippen molar-refractivity contribution in [2.75, 3.05) is 0 Å². The molecule has 1 N–H and O–H groups in total. The van der Waals surface area contributed by atoms with Crippen molar-refractivity contribution >= 4 is 5.71 Å². The number of hydrogen-bond donors (Lipinski definition) is 1. The van der Waals surface area contributed by atoms with E-state index in [-0.39, 0.29) is 17.2 Å². The van der Waals surface area contributed by atoms with E-state index in [1.807, 2.05) is 26.0 Å². The summed E-state index contributed by atoms with van der Waals surface area (Å²) in [6, 6.07) is 18.1. The second-order valence-electron chi connectivity index (χ2n) is 6.92. The lowest BCUT2D eigenvalue weighted by atomic mass is 9.83. The first-order valence-corrected chi connectivity index (χ1v) is 8.95. The summed E-state index contributed by atoms with van der Waals surface area (Å²) in [4.78, 5) is 3.77. The predicted molar refractivity (Wildman–Crippen MR) is 106 cm³/mol. The lowest BCUT2D eigenvalue weighted by Crippen LogP contribution is -2.13. The van der Waals surface area contributed by atoms with Gasteiger partial charge in [0.1, 0.15) is 0 Å². The molecule has 0 saturated carbocycles. The average molecular weight is 362 g/mol. The molecule has 3 aromatic rings. The molecule has 3 nitrogen and oxygen atoms in total. The van der Waals surface area contributed by atoms with E-state index in [1.165, 1.54) is 11.8 Å². The molecule has 0 aliphatic rings. The monoisotopic (exact) mass is 362 g/mol. The number of aromatic nitrogens is 1. The van der Waals surface area contributed by atoms with Gasteiger partial charge in [0.15, 0.2) is 0 Å². The first-order chi connectivity index (χ1) is 13.0. The van der Waals surface area contributed by atoms with Crippen LogP contribution in [0.25, 0.3) is 0 Å². The molecule has 1 unspecified atom stereocenters. The summed E-state index contributed by atoms with van der Waals surface area (Å²) in [7, 11) is 0. The predicted octanol–water partition coefficient (Wildman–Crippen LogP) is 5.55. The molecule has 1 heterocycles. The van der Waals surface area contributed by atoms with Gasteiger partial charge in [-0.1, -0.05) is 59.3 Å². The second kappa shape index (κ2) is 8.12. The Hall–Kier alpha value is -3.01. The van der Waals surface area contributed by atoms with Crippen LogP contribution in [0.2, 0.25) is 0 Å². The van der Waals surface area contributed by atoms with Crippen LogP contribution in [0.15, 0.2) is 65.9 Å². The highest BCUT2D eigenvalue weighted by atomic mass is 19.1. The van der Waals surface area contributed by atoms with Crippen molar-refractivity contribution in [1.82, 2.24) is 4.98 Å². The van der Waals surface area contributed by atoms with Crippen LogP contribution in [-0.4, -0.2) is 15.9 Å². The highest BCUT2D eigenvalue weighted by Gasteiger charge is 2.22. The molecule has 0 spiro atoms. The van der Waals surface area contributed by atoms with Gasteiger partial charge in [0.25, 0.3) is 0 Å². The van der Waals surface area contributed by atoms with E-state index < -0.39 is 5.95 Å². The Morgan fingerprint density at radius 3 is 2.41 bits per heavy atom. The van der Waals surface area contributed by atoms with Crippen LogP contribution >= 0.6 is 0 Å². The van der Waals surface area contributed by atoms with Crippen molar-refractivity contribution < 1.29 is 9.60 Å². The molecule has 27 heavy (non-hydrogen) atoms. The van der Waals surface area contributed by atoms with Crippen molar-refractivity contribution in [2.24, 2.45) is 5.16 Å². The van der Waals surface area contributed by atoms with Crippen LogP contribution in [0.5, 0.6) is 0 Å². The molecule has 1 aromatic heterocycles. The Morgan fingerprint density at radius 1 is 1.04 bits per heavy atom. The third-order valence-electron chi connectivity index (χ3n) is 4.85. The van der Waals surface area contributed by atoms with Crippen LogP contribution in [0.4, 0.5) is 4.39 Å². The van der Waals surface area contributed by atoms with Crippen LogP contribution in [0, 0.1) is 26.7 Å². The summed E-state index contributed by atoms with van der Waals surface area (Å²) in [5.74, 6) is -0.682. The van der Waals surface area contributed by atoms with E-state index >= 15 is 0 Å². The number of rotatable bonds is 5. The van der Waals surface area contributed by atoms with E-state index in [9.17, 15) is 9.60 Å². The fourth-order valence-electron chi connectivity index (χ4n) is 3.34. The van der Waals surface area contributed by atoms with Gasteiger partial charge in [0.2, 0.25) is 5.95 Å². The fraction of sp³-hybridized carbons (Fsp3) is 0.217. The minimum atomic E-state index is -0.624. The maximum atomic E-state index is 14.3. The summed E-state index contributed by atoms with van der Waals surface area (Å²) >= 11 is 0. The minimum Gasteiger partial charge on any atom is -0.411 e. The number of benzene rings is 2. The van der Waals surface area contributed by atoms with Gasteiger partial charge in [0.05, 0.1) is 11.3 Å². The van der Waals surface area contributed by atoms with Crippen molar-refractivity contribution in [3.05, 3.63) is 100 Å². The lowest BCUT2D eigenvalue weighted by Gasteiger charge is -2.21. The van der Waals surface area contributed by atoms with E-state index in [1.54, 1.807) is 6.07 Å². The summed E-state index contributed by atoms with van der Waals surface area (Å²) in [5.41, 5.74) is 5.88. The third kappa shape index (κ3) is 4.22. The molecule has 0 bridgehead atoms. The number of halogens is 1. The van der Waals surface area contributed by atoms with Crippen molar-refractivity contribution in [3.8, 4) is 0 Å². The topological polar surface area (TPSA) is 45.5 Å². The minimum absolute atomic E-state index is 0.0578. The number of oxime groups is 1. The fourth-order valence-corrected chi connectivity index (χ4v) is 3.34. The van der Waals surface area contributed by atoms with Crippen LogP contribution in [0.1, 0.15) is 45.7 Å². The molecule has 0 aliphatic carbocycles. The molecule has 4 heteroatoms. The van der Waals surface area contributed by atoms with Gasteiger partial charge < -0.3 is 5.21 Å². The van der Waals surface area contributed by atoms with E-state index in [0.717, 1.165) is 22.3 Å². The second-order valence-corrected chi connectivity index (χ2v) is 6.92. The Morgan fingerprint density at radius 2 is 1.74 bits per heavy atom. The van der Waals surface area contributed by atoms with Gasteiger partial charge in [-0.3, -0.25) is 0 Å². The molecule has 0 aliphatic heterocycles. The quantitative estimate of drug-likeness (QED) is 0.280. The Balaban J connectivity index is 2.06. The van der Waals surface area contributed by atoms with Crippen LogP contribution in [0.3, 0.4) is 0 Å². The summed E-state index contributed by atoms with van der Waals surface area (Å²) in [6.45, 7) is 5.94. The zero-order valence-electron chi connectivity index (χ0n) is 15.8. The van der Waals surface area contributed by atoms with E-state index in [4.69, 9.17) is 0 Å². The Bertz CT molecular complexity index is 964. The summed E-state index contributed by atoms with van der Waals surface area (Å²) < 4.78 is 14.3. The molecule has 0 fully saturated rings. The summed E-state index contributed by atoms with van der Waals surface area (Å²) in [5, 5.41) is 13.1. The van der Waals surface area contributed by atoms with E-state index in [2.05, 4.69) is 53.5 Å². The molecule has 138 valence electrons.